The number of rotatable bonds is 0. The molecular formula is C6H13NO2S. The Hall–Kier alpha value is -0.0900. The highest BCUT2D eigenvalue weighted by Gasteiger charge is 2.26. The molecular weight excluding hydrogens is 150 g/mol. The summed E-state index contributed by atoms with van der Waals surface area (Å²) in [4.78, 5) is 2.05. The third-order valence-electron chi connectivity index (χ3n) is 1.94. The lowest BCUT2D eigenvalue weighted by molar-refractivity contribution is 0.337. The summed E-state index contributed by atoms with van der Waals surface area (Å²) in [6.07, 6.45) is 0. The largest absolute Gasteiger partial charge is 0.304 e. The zero-order valence-corrected chi connectivity index (χ0v) is 7.19. The van der Waals surface area contributed by atoms with Gasteiger partial charge in [0.2, 0.25) is 0 Å². The Kier molecular flexibility index (Phi) is 2.01. The van der Waals surface area contributed by atoms with Gasteiger partial charge in [0.1, 0.15) is 0 Å². The van der Waals surface area contributed by atoms with Crippen molar-refractivity contribution in [2.75, 3.05) is 25.9 Å². The van der Waals surface area contributed by atoms with Gasteiger partial charge in [-0.05, 0) is 14.0 Å². The molecule has 0 aliphatic carbocycles. The molecule has 0 aromatic rings. The van der Waals surface area contributed by atoms with Gasteiger partial charge in [-0.3, -0.25) is 0 Å². The van der Waals surface area contributed by atoms with Crippen molar-refractivity contribution in [1.29, 1.82) is 0 Å². The fourth-order valence-corrected chi connectivity index (χ4v) is 2.58. The fourth-order valence-electron chi connectivity index (χ4n) is 1.13. The minimum Gasteiger partial charge on any atom is -0.304 e. The molecule has 4 heteroatoms. The second kappa shape index (κ2) is 2.51. The lowest BCUT2D eigenvalue weighted by Gasteiger charge is -2.26. The van der Waals surface area contributed by atoms with Crippen LogP contribution in [0.25, 0.3) is 0 Å². The van der Waals surface area contributed by atoms with Crippen molar-refractivity contribution >= 4 is 9.84 Å². The minimum absolute atomic E-state index is 0.175. The van der Waals surface area contributed by atoms with E-state index in [1.165, 1.54) is 0 Å². The SMILES string of the molecule is C[C@H]1CN(C)CCS1(=O)=O. The highest BCUT2D eigenvalue weighted by atomic mass is 32.2. The van der Waals surface area contributed by atoms with Gasteiger partial charge in [-0.15, -0.1) is 0 Å². The normalized spacial score (nSPS) is 34.0. The molecule has 1 rings (SSSR count). The van der Waals surface area contributed by atoms with Crippen LogP contribution < -0.4 is 0 Å². The Labute approximate surface area is 61.9 Å². The van der Waals surface area contributed by atoms with E-state index in [0.29, 0.717) is 18.8 Å². The Balaban J connectivity index is 2.70. The molecule has 1 atom stereocenters. The van der Waals surface area contributed by atoms with Gasteiger partial charge in [0.15, 0.2) is 9.84 Å². The van der Waals surface area contributed by atoms with Crippen molar-refractivity contribution in [2.24, 2.45) is 0 Å². The Morgan fingerprint density at radius 1 is 1.50 bits per heavy atom. The van der Waals surface area contributed by atoms with Crippen LogP contribution in [-0.4, -0.2) is 44.5 Å². The third kappa shape index (κ3) is 1.49. The number of hydrogen-bond donors (Lipinski definition) is 0. The first kappa shape index (κ1) is 8.01. The van der Waals surface area contributed by atoms with Crippen LogP contribution in [0.1, 0.15) is 6.92 Å². The first-order valence-electron chi connectivity index (χ1n) is 3.42. The van der Waals surface area contributed by atoms with Gasteiger partial charge in [0.25, 0.3) is 0 Å². The van der Waals surface area contributed by atoms with E-state index in [-0.39, 0.29) is 5.25 Å². The van der Waals surface area contributed by atoms with Crippen LogP contribution in [0.5, 0.6) is 0 Å². The summed E-state index contributed by atoms with van der Waals surface area (Å²) in [5.41, 5.74) is 0. The molecule has 1 fully saturated rings. The van der Waals surface area contributed by atoms with Crippen LogP contribution in [-0.2, 0) is 9.84 Å². The van der Waals surface area contributed by atoms with E-state index in [1.54, 1.807) is 6.92 Å². The first-order chi connectivity index (χ1) is 4.52. The van der Waals surface area contributed by atoms with E-state index in [4.69, 9.17) is 0 Å². The fraction of sp³-hybridized carbons (Fsp3) is 1.00. The third-order valence-corrected chi connectivity index (χ3v) is 4.07. The first-order valence-corrected chi connectivity index (χ1v) is 5.14. The van der Waals surface area contributed by atoms with Gasteiger partial charge >= 0.3 is 0 Å². The van der Waals surface area contributed by atoms with Crippen molar-refractivity contribution in [2.45, 2.75) is 12.2 Å². The van der Waals surface area contributed by atoms with E-state index >= 15 is 0 Å². The van der Waals surface area contributed by atoms with Gasteiger partial charge in [0, 0.05) is 13.1 Å². The van der Waals surface area contributed by atoms with Gasteiger partial charge in [-0.2, -0.15) is 0 Å². The van der Waals surface area contributed by atoms with Gasteiger partial charge < -0.3 is 4.90 Å². The van der Waals surface area contributed by atoms with Gasteiger partial charge in [0.05, 0.1) is 11.0 Å². The summed E-state index contributed by atoms with van der Waals surface area (Å²) in [6.45, 7) is 3.14. The second-order valence-electron chi connectivity index (χ2n) is 2.94. The predicted octanol–water partition coefficient (Wildman–Crippen LogP) is -0.265. The lowest BCUT2D eigenvalue weighted by atomic mass is 10.4. The molecule has 0 aromatic carbocycles. The van der Waals surface area contributed by atoms with Crippen molar-refractivity contribution < 1.29 is 8.42 Å². The van der Waals surface area contributed by atoms with Crippen LogP contribution in [0, 0.1) is 0 Å². The quantitative estimate of drug-likeness (QED) is 0.493. The van der Waals surface area contributed by atoms with Crippen LogP contribution in [0.2, 0.25) is 0 Å². The highest BCUT2D eigenvalue weighted by Crippen LogP contribution is 2.09. The van der Waals surface area contributed by atoms with Crippen LogP contribution in [0.3, 0.4) is 0 Å². The lowest BCUT2D eigenvalue weighted by Crippen LogP contribution is -2.43. The van der Waals surface area contributed by atoms with Gasteiger partial charge in [-0.25, -0.2) is 8.42 Å². The minimum atomic E-state index is -2.74. The molecule has 60 valence electrons. The molecule has 1 heterocycles. The number of hydrogen-bond acceptors (Lipinski definition) is 3. The zero-order valence-electron chi connectivity index (χ0n) is 6.37. The summed E-state index contributed by atoms with van der Waals surface area (Å²) in [5.74, 6) is 0.324. The number of nitrogens with zero attached hydrogens (tertiary/aromatic N) is 1. The summed E-state index contributed by atoms with van der Waals surface area (Å²) in [6, 6.07) is 0. The van der Waals surface area contributed by atoms with E-state index in [9.17, 15) is 8.42 Å². The molecule has 0 aromatic heterocycles. The van der Waals surface area contributed by atoms with Crippen molar-refractivity contribution in [1.82, 2.24) is 4.90 Å². The van der Waals surface area contributed by atoms with Crippen LogP contribution >= 0.6 is 0 Å². The maximum absolute atomic E-state index is 11.1. The average molecular weight is 163 g/mol. The smallest absolute Gasteiger partial charge is 0.155 e. The number of sulfone groups is 1. The molecule has 3 nitrogen and oxygen atoms in total. The predicted molar refractivity (Wildman–Crippen MR) is 40.7 cm³/mol. The van der Waals surface area contributed by atoms with Crippen molar-refractivity contribution in [3.05, 3.63) is 0 Å². The molecule has 0 bridgehead atoms. The molecule has 0 unspecified atom stereocenters. The summed E-state index contributed by atoms with van der Waals surface area (Å²) >= 11 is 0. The highest BCUT2D eigenvalue weighted by molar-refractivity contribution is 7.92. The van der Waals surface area contributed by atoms with Crippen molar-refractivity contribution in [3.63, 3.8) is 0 Å². The summed E-state index contributed by atoms with van der Waals surface area (Å²) in [5, 5.41) is -0.175. The summed E-state index contributed by atoms with van der Waals surface area (Å²) < 4.78 is 22.2. The molecule has 0 spiro atoms. The Bertz CT molecular complexity index is 210. The van der Waals surface area contributed by atoms with E-state index < -0.39 is 9.84 Å². The molecule has 0 N–H and O–H groups in total. The molecule has 0 saturated carbocycles. The maximum atomic E-state index is 11.1. The standard InChI is InChI=1S/C6H13NO2S/c1-6-5-7(2)3-4-10(6,8)9/h6H,3-5H2,1-2H3/t6-/m0/s1. The topological polar surface area (TPSA) is 37.4 Å². The molecule has 0 radical (unpaired) electrons. The zero-order chi connectivity index (χ0) is 7.78. The summed E-state index contributed by atoms with van der Waals surface area (Å²) in [7, 11) is -0.786. The second-order valence-corrected chi connectivity index (χ2v) is 5.48. The van der Waals surface area contributed by atoms with E-state index in [0.717, 1.165) is 0 Å². The molecule has 0 amide bonds. The van der Waals surface area contributed by atoms with Crippen molar-refractivity contribution in [3.8, 4) is 0 Å². The monoisotopic (exact) mass is 163 g/mol. The maximum Gasteiger partial charge on any atom is 0.155 e. The Morgan fingerprint density at radius 2 is 2.10 bits per heavy atom. The van der Waals surface area contributed by atoms with Gasteiger partial charge in [-0.1, -0.05) is 0 Å². The molecule has 1 aliphatic rings. The average Bonchev–Trinajstić information content (AvgIpc) is 1.81. The van der Waals surface area contributed by atoms with E-state index in [2.05, 4.69) is 0 Å². The molecule has 1 aliphatic heterocycles. The van der Waals surface area contributed by atoms with Crippen LogP contribution in [0.15, 0.2) is 0 Å². The van der Waals surface area contributed by atoms with E-state index in [1.807, 2.05) is 11.9 Å². The van der Waals surface area contributed by atoms with Crippen LogP contribution in [0.4, 0.5) is 0 Å². The molecule has 10 heavy (non-hydrogen) atoms. The molecule has 1 saturated heterocycles. The Morgan fingerprint density at radius 3 is 2.50 bits per heavy atom.